The van der Waals surface area contributed by atoms with Gasteiger partial charge in [0, 0.05) is 32.7 Å². The fourth-order valence-electron chi connectivity index (χ4n) is 1.83. The molecule has 1 aromatic heterocycles. The molecule has 5 nitrogen and oxygen atoms in total. The number of guanidine groups is 1. The van der Waals surface area contributed by atoms with Crippen LogP contribution < -0.4 is 10.6 Å². The number of nitrogens with one attached hydrogen (secondary N) is 2. The molecule has 0 amide bonds. The number of hydrogen-bond donors (Lipinski definition) is 2. The van der Waals surface area contributed by atoms with Crippen molar-refractivity contribution < 1.29 is 9.15 Å². The van der Waals surface area contributed by atoms with Gasteiger partial charge in [-0.25, -0.2) is 0 Å². The highest BCUT2D eigenvalue weighted by atomic mass is 127. The lowest BCUT2D eigenvalue weighted by molar-refractivity contribution is 0.0763. The zero-order valence-corrected chi connectivity index (χ0v) is 16.5. The highest BCUT2D eigenvalue weighted by Gasteiger charge is 1.99. The fourth-order valence-corrected chi connectivity index (χ4v) is 1.83. The van der Waals surface area contributed by atoms with Crippen LogP contribution in [0.5, 0.6) is 0 Å². The molecule has 0 aliphatic carbocycles. The fraction of sp³-hybridized carbons (Fsp3) is 0.588. The zero-order chi connectivity index (χ0) is 16.0. The van der Waals surface area contributed by atoms with Gasteiger partial charge in [0.15, 0.2) is 5.96 Å². The first-order valence-corrected chi connectivity index (χ1v) is 7.99. The van der Waals surface area contributed by atoms with Crippen LogP contribution in [0.25, 0.3) is 0 Å². The van der Waals surface area contributed by atoms with Gasteiger partial charge in [-0.15, -0.1) is 30.6 Å². The van der Waals surface area contributed by atoms with Gasteiger partial charge in [-0.3, -0.25) is 4.99 Å². The van der Waals surface area contributed by atoms with Gasteiger partial charge >= 0.3 is 0 Å². The molecule has 0 bridgehead atoms. The average molecular weight is 435 g/mol. The van der Waals surface area contributed by atoms with Crippen molar-refractivity contribution in [3.05, 3.63) is 36.8 Å². The Morgan fingerprint density at radius 1 is 1.39 bits per heavy atom. The van der Waals surface area contributed by atoms with Crippen molar-refractivity contribution in [2.75, 3.05) is 26.2 Å². The number of halogens is 1. The summed E-state index contributed by atoms with van der Waals surface area (Å²) in [4.78, 5) is 4.56. The summed E-state index contributed by atoms with van der Waals surface area (Å²) in [7, 11) is 0. The van der Waals surface area contributed by atoms with Crippen molar-refractivity contribution in [1.82, 2.24) is 10.6 Å². The molecule has 0 aromatic carbocycles. The third kappa shape index (κ3) is 12.1. The molecule has 0 saturated heterocycles. The first kappa shape index (κ1) is 22.0. The maximum Gasteiger partial charge on any atom is 0.191 e. The van der Waals surface area contributed by atoms with Gasteiger partial charge in [0.2, 0.25) is 0 Å². The van der Waals surface area contributed by atoms with Gasteiger partial charge in [0.05, 0.1) is 12.4 Å². The third-order valence-electron chi connectivity index (χ3n) is 2.93. The highest BCUT2D eigenvalue weighted by molar-refractivity contribution is 14.0. The van der Waals surface area contributed by atoms with E-state index in [0.717, 1.165) is 50.7 Å². The van der Waals surface area contributed by atoms with Crippen molar-refractivity contribution in [1.29, 1.82) is 0 Å². The topological polar surface area (TPSA) is 58.8 Å². The molecule has 0 atom stereocenters. The summed E-state index contributed by atoms with van der Waals surface area (Å²) in [6.45, 7) is 10.9. The molecule has 0 unspecified atom stereocenters. The molecule has 0 aliphatic heterocycles. The lowest BCUT2D eigenvalue weighted by Gasteiger charge is -2.11. The molecule has 0 spiro atoms. The predicted octanol–water partition coefficient (Wildman–Crippen LogP) is 3.37. The smallest absolute Gasteiger partial charge is 0.191 e. The van der Waals surface area contributed by atoms with Crippen LogP contribution in [-0.2, 0) is 11.2 Å². The molecule has 2 N–H and O–H groups in total. The van der Waals surface area contributed by atoms with E-state index in [-0.39, 0.29) is 24.0 Å². The van der Waals surface area contributed by atoms with Crippen molar-refractivity contribution in [3.8, 4) is 0 Å². The van der Waals surface area contributed by atoms with Gasteiger partial charge < -0.3 is 19.8 Å². The minimum atomic E-state index is 0. The number of hydrogen-bond acceptors (Lipinski definition) is 3. The Kier molecular flexibility index (Phi) is 13.9. The quantitative estimate of drug-likeness (QED) is 0.184. The summed E-state index contributed by atoms with van der Waals surface area (Å²) in [5.74, 6) is 1.79. The van der Waals surface area contributed by atoms with Crippen LogP contribution in [0.4, 0.5) is 0 Å². The number of aliphatic imine (C=N–C) groups is 1. The molecular formula is C17H30IN3O2. The predicted molar refractivity (Wildman–Crippen MR) is 107 cm³/mol. The minimum Gasteiger partial charge on any atom is -0.469 e. The van der Waals surface area contributed by atoms with Crippen LogP contribution >= 0.6 is 24.0 Å². The van der Waals surface area contributed by atoms with Gasteiger partial charge in [-0.1, -0.05) is 6.08 Å². The molecule has 0 radical (unpaired) electrons. The van der Waals surface area contributed by atoms with Crippen molar-refractivity contribution in [2.45, 2.75) is 39.2 Å². The van der Waals surface area contributed by atoms with Crippen LogP contribution in [0, 0.1) is 0 Å². The van der Waals surface area contributed by atoms with E-state index in [4.69, 9.17) is 9.15 Å². The Morgan fingerprint density at radius 2 is 2.22 bits per heavy atom. The van der Waals surface area contributed by atoms with Gasteiger partial charge in [-0.05, 0) is 38.8 Å². The summed E-state index contributed by atoms with van der Waals surface area (Å²) in [5, 5.41) is 6.52. The summed E-state index contributed by atoms with van der Waals surface area (Å²) < 4.78 is 10.8. The SMILES string of the molecule is C=CCNC(=NCCCCOC(C)C)NCCc1ccco1.I. The van der Waals surface area contributed by atoms with Crippen LogP contribution in [0.15, 0.2) is 40.5 Å². The normalized spacial score (nSPS) is 11.2. The van der Waals surface area contributed by atoms with E-state index in [1.807, 2.05) is 18.2 Å². The molecule has 1 rings (SSSR count). The number of ether oxygens (including phenoxy) is 1. The van der Waals surface area contributed by atoms with Crippen molar-refractivity contribution in [3.63, 3.8) is 0 Å². The van der Waals surface area contributed by atoms with E-state index < -0.39 is 0 Å². The molecule has 132 valence electrons. The van der Waals surface area contributed by atoms with E-state index in [0.29, 0.717) is 12.6 Å². The summed E-state index contributed by atoms with van der Waals surface area (Å²) in [6.07, 6.45) is 6.70. The first-order valence-electron chi connectivity index (χ1n) is 7.99. The van der Waals surface area contributed by atoms with E-state index in [9.17, 15) is 0 Å². The highest BCUT2D eigenvalue weighted by Crippen LogP contribution is 1.99. The number of unbranched alkanes of at least 4 members (excludes halogenated alkanes) is 1. The second-order valence-corrected chi connectivity index (χ2v) is 5.28. The minimum absolute atomic E-state index is 0. The van der Waals surface area contributed by atoms with Gasteiger partial charge in [-0.2, -0.15) is 0 Å². The monoisotopic (exact) mass is 435 g/mol. The van der Waals surface area contributed by atoms with Gasteiger partial charge in [0.25, 0.3) is 0 Å². The van der Waals surface area contributed by atoms with E-state index in [2.05, 4.69) is 36.1 Å². The molecule has 6 heteroatoms. The maximum absolute atomic E-state index is 5.52. The Labute approximate surface area is 157 Å². The van der Waals surface area contributed by atoms with E-state index in [1.165, 1.54) is 0 Å². The molecular weight excluding hydrogens is 405 g/mol. The lowest BCUT2D eigenvalue weighted by Crippen LogP contribution is -2.38. The lowest BCUT2D eigenvalue weighted by atomic mass is 10.3. The second-order valence-electron chi connectivity index (χ2n) is 5.28. The molecule has 23 heavy (non-hydrogen) atoms. The van der Waals surface area contributed by atoms with Crippen molar-refractivity contribution >= 4 is 29.9 Å². The van der Waals surface area contributed by atoms with Crippen LogP contribution in [0.3, 0.4) is 0 Å². The second kappa shape index (κ2) is 14.6. The third-order valence-corrected chi connectivity index (χ3v) is 2.93. The molecule has 1 heterocycles. The Hall–Kier alpha value is -1.02. The first-order chi connectivity index (χ1) is 10.7. The molecule has 0 saturated carbocycles. The Morgan fingerprint density at radius 3 is 2.87 bits per heavy atom. The average Bonchev–Trinajstić information content (AvgIpc) is 3.00. The Balaban J connectivity index is 0.00000484. The van der Waals surface area contributed by atoms with Crippen LogP contribution in [-0.4, -0.2) is 38.3 Å². The van der Waals surface area contributed by atoms with Crippen LogP contribution in [0.2, 0.25) is 0 Å². The van der Waals surface area contributed by atoms with E-state index in [1.54, 1.807) is 6.26 Å². The molecule has 0 aliphatic rings. The number of nitrogens with zero attached hydrogens (tertiary/aromatic N) is 1. The maximum atomic E-state index is 5.52. The standard InChI is InChI=1S/C17H29N3O2.HI/c1-4-10-18-17(19-11-5-6-13-21-15(2)3)20-12-9-16-8-7-14-22-16;/h4,7-8,14-15H,1,5-6,9-13H2,2-3H3,(H2,18,19,20);1H. The number of rotatable bonds is 11. The summed E-state index contributed by atoms with van der Waals surface area (Å²) in [5.41, 5.74) is 0. The summed E-state index contributed by atoms with van der Waals surface area (Å²) >= 11 is 0. The summed E-state index contributed by atoms with van der Waals surface area (Å²) in [6, 6.07) is 3.88. The molecule has 0 fully saturated rings. The largest absolute Gasteiger partial charge is 0.469 e. The van der Waals surface area contributed by atoms with Crippen molar-refractivity contribution in [2.24, 2.45) is 4.99 Å². The van der Waals surface area contributed by atoms with E-state index >= 15 is 0 Å². The zero-order valence-electron chi connectivity index (χ0n) is 14.2. The Bertz CT molecular complexity index is 419. The van der Waals surface area contributed by atoms with Gasteiger partial charge in [0.1, 0.15) is 5.76 Å². The molecule has 1 aromatic rings. The van der Waals surface area contributed by atoms with Crippen LogP contribution in [0.1, 0.15) is 32.4 Å². The number of furan rings is 1.